The lowest BCUT2D eigenvalue weighted by molar-refractivity contribution is 0.955. The van der Waals surface area contributed by atoms with E-state index < -0.39 is 0 Å². The predicted octanol–water partition coefficient (Wildman–Crippen LogP) is 12.2. The fraction of sp³-hybridized carbons (Fsp3) is 0. The van der Waals surface area contributed by atoms with Crippen LogP contribution in [0.1, 0.15) is 0 Å². The predicted molar refractivity (Wildman–Crippen MR) is 222 cm³/mol. The van der Waals surface area contributed by atoms with Crippen molar-refractivity contribution < 1.29 is 0 Å². The molecule has 0 N–H and O–H groups in total. The summed E-state index contributed by atoms with van der Waals surface area (Å²) in [5.41, 5.74) is 9.65. The highest BCUT2D eigenvalue weighted by Gasteiger charge is 2.26. The van der Waals surface area contributed by atoms with E-state index in [1.54, 1.807) is 0 Å². The van der Waals surface area contributed by atoms with E-state index in [0.717, 1.165) is 66.0 Å². The van der Waals surface area contributed by atoms with Gasteiger partial charge in [-0.05, 0) is 52.2 Å². The number of hydrogen-bond acceptors (Lipinski definition) is 3. The standard InChI is InChI=1S/C49H31N5/c1-4-18-33(19-5-1)47-50-48(34-20-6-2-7-21-34)52-49(51-47)54-42-30-15-12-26-38(42)44-40(37-28-16-22-32-17-10-11-25-36(32)37)31-43-45(46(44)54)39-27-13-14-29-41(39)53(43)35-23-8-3-9-24-35/h1-31H. The molecule has 0 saturated heterocycles. The number of nitrogens with zero attached hydrogens (tertiary/aromatic N) is 5. The van der Waals surface area contributed by atoms with E-state index >= 15 is 0 Å². The quantitative estimate of drug-likeness (QED) is 0.181. The van der Waals surface area contributed by atoms with Crippen LogP contribution in [-0.4, -0.2) is 24.1 Å². The Morgan fingerprint density at radius 1 is 0.352 bits per heavy atom. The normalized spacial score (nSPS) is 11.7. The maximum atomic E-state index is 5.31. The molecule has 0 bridgehead atoms. The lowest BCUT2D eigenvalue weighted by atomic mass is 9.93. The first-order valence-electron chi connectivity index (χ1n) is 18.2. The van der Waals surface area contributed by atoms with Crippen LogP contribution >= 0.6 is 0 Å². The van der Waals surface area contributed by atoms with E-state index in [4.69, 9.17) is 15.0 Å². The highest BCUT2D eigenvalue weighted by molar-refractivity contribution is 6.30. The largest absolute Gasteiger partial charge is 0.309 e. The molecule has 0 fully saturated rings. The number of aromatic nitrogens is 5. The minimum atomic E-state index is 0.571. The second kappa shape index (κ2) is 12.1. The summed E-state index contributed by atoms with van der Waals surface area (Å²) < 4.78 is 4.68. The van der Waals surface area contributed by atoms with Crippen molar-refractivity contribution in [1.29, 1.82) is 0 Å². The molecule has 0 aliphatic heterocycles. The van der Waals surface area contributed by atoms with Crippen molar-refractivity contribution >= 4 is 54.4 Å². The van der Waals surface area contributed by atoms with Gasteiger partial charge in [-0.2, -0.15) is 9.97 Å². The molecular formula is C49H31N5. The molecule has 54 heavy (non-hydrogen) atoms. The summed E-state index contributed by atoms with van der Waals surface area (Å²) in [4.78, 5) is 15.7. The van der Waals surface area contributed by atoms with Crippen LogP contribution in [0.2, 0.25) is 0 Å². The zero-order valence-electron chi connectivity index (χ0n) is 29.1. The Hall–Kier alpha value is -7.37. The van der Waals surface area contributed by atoms with E-state index in [2.05, 4.69) is 161 Å². The Morgan fingerprint density at radius 2 is 0.870 bits per heavy atom. The van der Waals surface area contributed by atoms with Gasteiger partial charge in [-0.15, -0.1) is 0 Å². The summed E-state index contributed by atoms with van der Waals surface area (Å²) >= 11 is 0. The molecule has 8 aromatic carbocycles. The first kappa shape index (κ1) is 30.3. The van der Waals surface area contributed by atoms with E-state index in [1.807, 2.05) is 36.4 Å². The van der Waals surface area contributed by atoms with E-state index in [1.165, 1.54) is 16.3 Å². The molecule has 0 aliphatic rings. The molecule has 0 aliphatic carbocycles. The van der Waals surface area contributed by atoms with Gasteiger partial charge in [-0.1, -0.05) is 158 Å². The van der Waals surface area contributed by atoms with E-state index in [0.29, 0.717) is 17.6 Å². The second-order valence-corrected chi connectivity index (χ2v) is 13.6. The Labute approximate surface area is 311 Å². The smallest absolute Gasteiger partial charge is 0.238 e. The molecule has 252 valence electrons. The first-order chi connectivity index (χ1) is 26.8. The zero-order chi connectivity index (χ0) is 35.6. The van der Waals surface area contributed by atoms with Crippen molar-refractivity contribution in [3.63, 3.8) is 0 Å². The maximum absolute atomic E-state index is 5.31. The second-order valence-electron chi connectivity index (χ2n) is 13.6. The number of para-hydroxylation sites is 3. The van der Waals surface area contributed by atoms with Crippen LogP contribution in [-0.2, 0) is 0 Å². The molecule has 3 heterocycles. The molecule has 0 saturated carbocycles. The third-order valence-corrected chi connectivity index (χ3v) is 10.6. The molecule has 11 rings (SSSR count). The third-order valence-electron chi connectivity index (χ3n) is 10.6. The summed E-state index contributed by atoms with van der Waals surface area (Å²) in [7, 11) is 0. The molecule has 0 amide bonds. The fourth-order valence-corrected chi connectivity index (χ4v) is 8.24. The first-order valence-corrected chi connectivity index (χ1v) is 18.2. The number of fused-ring (bicyclic) bond motifs is 8. The van der Waals surface area contributed by atoms with Gasteiger partial charge in [-0.3, -0.25) is 4.57 Å². The summed E-state index contributed by atoms with van der Waals surface area (Å²) in [6.45, 7) is 0. The van der Waals surface area contributed by atoms with Gasteiger partial charge >= 0.3 is 0 Å². The number of rotatable bonds is 5. The average molecular weight is 690 g/mol. The molecule has 0 radical (unpaired) electrons. The third kappa shape index (κ3) is 4.62. The molecular weight excluding hydrogens is 659 g/mol. The maximum Gasteiger partial charge on any atom is 0.238 e. The fourth-order valence-electron chi connectivity index (χ4n) is 8.24. The topological polar surface area (TPSA) is 48.5 Å². The summed E-state index contributed by atoms with van der Waals surface area (Å²) in [5.74, 6) is 1.82. The van der Waals surface area contributed by atoms with Gasteiger partial charge in [0.15, 0.2) is 11.6 Å². The molecule has 11 aromatic rings. The zero-order valence-corrected chi connectivity index (χ0v) is 29.1. The minimum Gasteiger partial charge on any atom is -0.309 e. The molecule has 0 spiro atoms. The molecule has 3 aromatic heterocycles. The van der Waals surface area contributed by atoms with Crippen molar-refractivity contribution in [3.8, 4) is 45.5 Å². The lowest BCUT2D eigenvalue weighted by Gasteiger charge is -2.14. The van der Waals surface area contributed by atoms with Gasteiger partial charge in [-0.25, -0.2) is 4.98 Å². The molecule has 0 unspecified atom stereocenters. The monoisotopic (exact) mass is 689 g/mol. The van der Waals surface area contributed by atoms with E-state index in [9.17, 15) is 0 Å². The van der Waals surface area contributed by atoms with Gasteiger partial charge in [0.25, 0.3) is 0 Å². The van der Waals surface area contributed by atoms with Gasteiger partial charge in [0, 0.05) is 38.4 Å². The lowest BCUT2D eigenvalue weighted by Crippen LogP contribution is -2.06. The van der Waals surface area contributed by atoms with Crippen LogP contribution in [0.25, 0.3) is 99.9 Å². The van der Waals surface area contributed by atoms with Crippen LogP contribution in [0.4, 0.5) is 0 Å². The van der Waals surface area contributed by atoms with Crippen molar-refractivity contribution in [1.82, 2.24) is 24.1 Å². The highest BCUT2D eigenvalue weighted by Crippen LogP contribution is 2.47. The van der Waals surface area contributed by atoms with Crippen LogP contribution < -0.4 is 0 Å². The Balaban J connectivity index is 1.38. The summed E-state index contributed by atoms with van der Waals surface area (Å²) in [5, 5.41) is 7.01. The van der Waals surface area contributed by atoms with Crippen LogP contribution in [0, 0.1) is 0 Å². The Morgan fingerprint density at radius 3 is 1.54 bits per heavy atom. The van der Waals surface area contributed by atoms with Crippen molar-refractivity contribution in [2.75, 3.05) is 0 Å². The SMILES string of the molecule is c1ccc(-c2nc(-c3ccccc3)nc(-n3c4ccccc4c4c(-c5cccc6ccccc56)cc5c(c6ccccc6n5-c5ccccc5)c43)n2)cc1. The Kier molecular flexibility index (Phi) is 6.79. The molecule has 5 nitrogen and oxygen atoms in total. The van der Waals surface area contributed by atoms with E-state index in [-0.39, 0.29) is 0 Å². The van der Waals surface area contributed by atoms with Gasteiger partial charge in [0.2, 0.25) is 5.95 Å². The van der Waals surface area contributed by atoms with Crippen LogP contribution in [0.3, 0.4) is 0 Å². The number of hydrogen-bond donors (Lipinski definition) is 0. The van der Waals surface area contributed by atoms with Gasteiger partial charge in [0.1, 0.15) is 0 Å². The van der Waals surface area contributed by atoms with Gasteiger partial charge in [0.05, 0.1) is 22.1 Å². The molecule has 5 heteroatoms. The van der Waals surface area contributed by atoms with Crippen LogP contribution in [0.5, 0.6) is 0 Å². The summed E-state index contributed by atoms with van der Waals surface area (Å²) in [6, 6.07) is 66.2. The average Bonchev–Trinajstić information content (AvgIpc) is 3.77. The van der Waals surface area contributed by atoms with Crippen molar-refractivity contribution in [3.05, 3.63) is 188 Å². The Bertz CT molecular complexity index is 3140. The van der Waals surface area contributed by atoms with Gasteiger partial charge < -0.3 is 4.57 Å². The summed E-state index contributed by atoms with van der Waals surface area (Å²) in [6.07, 6.45) is 0. The van der Waals surface area contributed by atoms with Crippen molar-refractivity contribution in [2.24, 2.45) is 0 Å². The highest BCUT2D eigenvalue weighted by atomic mass is 15.2. The number of benzene rings is 8. The molecule has 0 atom stereocenters. The van der Waals surface area contributed by atoms with Crippen molar-refractivity contribution in [2.45, 2.75) is 0 Å². The van der Waals surface area contributed by atoms with Crippen LogP contribution in [0.15, 0.2) is 188 Å². The minimum absolute atomic E-state index is 0.571.